The quantitative estimate of drug-likeness (QED) is 0.336. The molecule has 0 fully saturated rings. The third-order valence-corrected chi connectivity index (χ3v) is 6.01. The number of ether oxygens (including phenoxy) is 3. The van der Waals surface area contributed by atoms with Crippen molar-refractivity contribution in [2.45, 2.75) is 20.2 Å². The molecule has 0 atom stereocenters. The lowest BCUT2D eigenvalue weighted by molar-refractivity contribution is -0.274. The third-order valence-electron chi connectivity index (χ3n) is 5.08. The van der Waals surface area contributed by atoms with E-state index in [-0.39, 0.29) is 5.75 Å². The molecule has 1 N–H and O–H groups in total. The summed E-state index contributed by atoms with van der Waals surface area (Å²) in [6.07, 6.45) is -5.26. The van der Waals surface area contributed by atoms with E-state index < -0.39 is 12.5 Å². The number of likely N-dealkylation sites (N-methyl/N-ethyl adjacent to an activating group) is 2. The first kappa shape index (κ1) is 27.3. The highest BCUT2D eigenvalue weighted by atomic mass is 79.9. The van der Waals surface area contributed by atoms with Gasteiger partial charge >= 0.3 is 12.5 Å². The predicted octanol–water partition coefficient (Wildman–Crippen LogP) is 6.47. The van der Waals surface area contributed by atoms with Crippen molar-refractivity contribution in [3.63, 3.8) is 0 Å². The monoisotopic (exact) mass is 567 g/mol. The molecule has 1 aromatic heterocycles. The highest BCUT2D eigenvalue weighted by Crippen LogP contribution is 2.41. The molecule has 0 radical (unpaired) electrons. The Morgan fingerprint density at radius 1 is 1.00 bits per heavy atom. The molecule has 0 spiro atoms. The summed E-state index contributed by atoms with van der Waals surface area (Å²) in [7, 11) is 3.45. The van der Waals surface area contributed by atoms with Gasteiger partial charge < -0.3 is 24.4 Å². The minimum Gasteiger partial charge on any atom is -0.457 e. The van der Waals surface area contributed by atoms with Gasteiger partial charge in [-0.3, -0.25) is 4.98 Å². The first-order valence-electron chi connectivity index (χ1n) is 10.9. The van der Waals surface area contributed by atoms with Gasteiger partial charge in [0.25, 0.3) is 0 Å². The second kappa shape index (κ2) is 11.6. The third kappa shape index (κ3) is 7.11. The number of carbonyl (C=O) groups excluding carboxylic acids is 1. The van der Waals surface area contributed by atoms with Crippen molar-refractivity contribution in [2.75, 3.05) is 27.2 Å². The molecule has 0 aliphatic carbocycles. The molecule has 0 unspecified atom stereocenters. The number of hydrogen-bond acceptors (Lipinski definition) is 6. The van der Waals surface area contributed by atoms with Crippen LogP contribution in [0.4, 0.5) is 18.0 Å². The molecule has 2 aromatic carbocycles. The smallest absolute Gasteiger partial charge is 0.457 e. The van der Waals surface area contributed by atoms with Crippen LogP contribution in [0.5, 0.6) is 23.0 Å². The molecular weight excluding hydrogens is 543 g/mol. The van der Waals surface area contributed by atoms with Crippen molar-refractivity contribution in [1.29, 1.82) is 0 Å². The number of benzene rings is 2. The second-order valence-electron chi connectivity index (χ2n) is 7.84. The maximum Gasteiger partial charge on any atom is 0.573 e. The Kier molecular flexibility index (Phi) is 8.80. The molecular formula is C25H25BrF3N3O4. The van der Waals surface area contributed by atoms with Crippen LogP contribution in [0.25, 0.3) is 11.1 Å². The van der Waals surface area contributed by atoms with Crippen LogP contribution >= 0.6 is 15.9 Å². The van der Waals surface area contributed by atoms with Crippen LogP contribution in [-0.4, -0.2) is 49.5 Å². The van der Waals surface area contributed by atoms with Crippen molar-refractivity contribution in [3.05, 3.63) is 64.4 Å². The van der Waals surface area contributed by atoms with Crippen molar-refractivity contribution in [2.24, 2.45) is 0 Å². The van der Waals surface area contributed by atoms with E-state index in [1.807, 2.05) is 13.8 Å². The van der Waals surface area contributed by atoms with Gasteiger partial charge in [-0.25, -0.2) is 4.79 Å². The maximum atomic E-state index is 12.7. The largest absolute Gasteiger partial charge is 0.573 e. The highest BCUT2D eigenvalue weighted by molar-refractivity contribution is 9.10. The first-order chi connectivity index (χ1) is 17.0. The summed E-state index contributed by atoms with van der Waals surface area (Å²) in [4.78, 5) is 18.7. The van der Waals surface area contributed by atoms with E-state index in [1.54, 1.807) is 38.4 Å². The average molecular weight is 568 g/mol. The zero-order chi connectivity index (χ0) is 26.5. The molecule has 0 saturated heterocycles. The van der Waals surface area contributed by atoms with E-state index in [0.29, 0.717) is 51.8 Å². The molecule has 3 rings (SSSR count). The molecule has 11 heteroatoms. The Bertz CT molecular complexity index is 1200. The van der Waals surface area contributed by atoms with Gasteiger partial charge in [0.05, 0.1) is 10.2 Å². The molecule has 1 amide bonds. The number of nitrogens with zero attached hydrogens (tertiary/aromatic N) is 2. The van der Waals surface area contributed by atoms with E-state index in [2.05, 4.69) is 31.0 Å². The summed E-state index contributed by atoms with van der Waals surface area (Å²) >= 11 is 3.50. The van der Waals surface area contributed by atoms with Gasteiger partial charge in [-0.05, 0) is 78.8 Å². The Hall–Kier alpha value is -3.31. The van der Waals surface area contributed by atoms with E-state index in [4.69, 9.17) is 9.47 Å². The van der Waals surface area contributed by atoms with Gasteiger partial charge in [-0.2, -0.15) is 0 Å². The predicted molar refractivity (Wildman–Crippen MR) is 133 cm³/mol. The van der Waals surface area contributed by atoms with E-state index in [9.17, 15) is 18.0 Å². The van der Waals surface area contributed by atoms with Crippen LogP contribution in [0.15, 0.2) is 53.0 Å². The van der Waals surface area contributed by atoms with Gasteiger partial charge in [0.2, 0.25) is 0 Å². The lowest BCUT2D eigenvalue weighted by Crippen LogP contribution is -2.35. The topological polar surface area (TPSA) is 72.9 Å². The lowest BCUT2D eigenvalue weighted by Gasteiger charge is -2.20. The molecule has 36 heavy (non-hydrogen) atoms. The molecule has 1 heterocycles. The number of carbonyl (C=O) groups is 1. The van der Waals surface area contributed by atoms with E-state index in [0.717, 1.165) is 5.56 Å². The van der Waals surface area contributed by atoms with Crippen LogP contribution in [0.2, 0.25) is 0 Å². The number of halogens is 4. The molecule has 192 valence electrons. The number of rotatable bonds is 8. The number of hydrogen-bond donors (Lipinski definition) is 1. The maximum absolute atomic E-state index is 12.7. The first-order valence-corrected chi connectivity index (χ1v) is 11.7. The van der Waals surface area contributed by atoms with Crippen molar-refractivity contribution < 1.29 is 32.2 Å². The number of aryl methyl sites for hydroxylation is 2. The number of nitrogens with one attached hydrogen (secondary N) is 1. The Morgan fingerprint density at radius 3 is 2.11 bits per heavy atom. The fraction of sp³-hybridized carbons (Fsp3) is 0.280. The Morgan fingerprint density at radius 2 is 1.56 bits per heavy atom. The van der Waals surface area contributed by atoms with Crippen LogP contribution in [0, 0.1) is 13.8 Å². The molecule has 0 aliphatic heterocycles. The van der Waals surface area contributed by atoms with Gasteiger partial charge in [0.15, 0.2) is 5.75 Å². The second-order valence-corrected chi connectivity index (χ2v) is 8.63. The standard InChI is InChI=1S/C25H25BrF3N3O4/c1-15-21(23(22(26)16(2)31-15)35-24(33)32(4)14-13-30-3)17-5-7-18(8-6-17)34-19-9-11-20(12-10-19)36-25(27,28)29/h5-12,30H,13-14H2,1-4H3. The fourth-order valence-corrected chi connectivity index (χ4v) is 3.67. The van der Waals surface area contributed by atoms with Gasteiger partial charge in [0, 0.05) is 31.4 Å². The van der Waals surface area contributed by atoms with Crippen LogP contribution in [0.1, 0.15) is 11.4 Å². The number of pyridine rings is 1. The van der Waals surface area contributed by atoms with Crippen molar-refractivity contribution in [1.82, 2.24) is 15.2 Å². The SMILES string of the molecule is CNCCN(C)C(=O)Oc1c(Br)c(C)nc(C)c1-c1ccc(Oc2ccc(OC(F)(F)F)cc2)cc1. The normalized spacial score (nSPS) is 11.2. The number of alkyl halides is 3. The van der Waals surface area contributed by atoms with Gasteiger partial charge in [-0.1, -0.05) is 12.1 Å². The molecule has 7 nitrogen and oxygen atoms in total. The molecule has 0 saturated carbocycles. The van der Waals surface area contributed by atoms with Crippen molar-refractivity contribution >= 4 is 22.0 Å². The van der Waals surface area contributed by atoms with Crippen LogP contribution in [-0.2, 0) is 0 Å². The van der Waals surface area contributed by atoms with E-state index >= 15 is 0 Å². The Labute approximate surface area is 215 Å². The number of amides is 1. The lowest BCUT2D eigenvalue weighted by atomic mass is 10.0. The summed E-state index contributed by atoms with van der Waals surface area (Å²) in [5.41, 5.74) is 2.73. The molecule has 0 bridgehead atoms. The van der Waals surface area contributed by atoms with Gasteiger partial charge in [0.1, 0.15) is 17.2 Å². The zero-order valence-electron chi connectivity index (χ0n) is 20.1. The molecule has 0 aliphatic rings. The summed E-state index contributed by atoms with van der Waals surface area (Å²) in [5.74, 6) is 0.824. The van der Waals surface area contributed by atoms with Gasteiger partial charge in [-0.15, -0.1) is 13.2 Å². The van der Waals surface area contributed by atoms with Crippen LogP contribution in [0.3, 0.4) is 0 Å². The summed E-state index contributed by atoms with van der Waals surface area (Å²) < 4.78 is 52.9. The Balaban J connectivity index is 1.83. The number of aromatic nitrogens is 1. The fourth-order valence-electron chi connectivity index (χ4n) is 3.30. The summed E-state index contributed by atoms with van der Waals surface area (Å²) in [6.45, 7) is 4.73. The zero-order valence-corrected chi connectivity index (χ0v) is 21.7. The van der Waals surface area contributed by atoms with Crippen molar-refractivity contribution in [3.8, 4) is 34.1 Å². The average Bonchev–Trinajstić information content (AvgIpc) is 2.82. The summed E-state index contributed by atoms with van der Waals surface area (Å²) in [5, 5.41) is 2.99. The molecule has 3 aromatic rings. The summed E-state index contributed by atoms with van der Waals surface area (Å²) in [6, 6.07) is 12.1. The minimum absolute atomic E-state index is 0.336. The van der Waals surface area contributed by atoms with E-state index in [1.165, 1.54) is 29.2 Å². The minimum atomic E-state index is -4.76. The van der Waals surface area contributed by atoms with Crippen LogP contribution < -0.4 is 19.5 Å². The highest BCUT2D eigenvalue weighted by Gasteiger charge is 2.31.